The van der Waals surface area contributed by atoms with Crippen molar-refractivity contribution in [2.75, 3.05) is 19.7 Å². The highest BCUT2D eigenvalue weighted by Crippen LogP contribution is 2.32. The Bertz CT molecular complexity index is 312. The molecule has 0 spiro atoms. The molecule has 0 radical (unpaired) electrons. The molecule has 0 unspecified atom stereocenters. The van der Waals surface area contributed by atoms with Crippen LogP contribution in [0.1, 0.15) is 44.1 Å². The Balaban J connectivity index is 1.77. The third-order valence-corrected chi connectivity index (χ3v) is 4.52. The Kier molecular flexibility index (Phi) is 5.01. The summed E-state index contributed by atoms with van der Waals surface area (Å²) >= 11 is 1.81. The molecule has 0 amide bonds. The van der Waals surface area contributed by atoms with Crippen molar-refractivity contribution in [3.05, 3.63) is 22.4 Å². The van der Waals surface area contributed by atoms with Crippen LogP contribution in [0.3, 0.4) is 0 Å². The first-order valence-corrected chi connectivity index (χ1v) is 7.62. The van der Waals surface area contributed by atoms with Gasteiger partial charge in [-0.15, -0.1) is 0 Å². The van der Waals surface area contributed by atoms with Gasteiger partial charge in [-0.1, -0.05) is 0 Å². The van der Waals surface area contributed by atoms with Crippen LogP contribution in [-0.4, -0.2) is 35.7 Å². The number of rotatable bonds is 6. The molecule has 0 bridgehead atoms. The van der Waals surface area contributed by atoms with Gasteiger partial charge in [0.15, 0.2) is 0 Å². The number of thiophene rings is 1. The van der Waals surface area contributed by atoms with E-state index in [1.54, 1.807) is 0 Å². The first kappa shape index (κ1) is 13.1. The number of aliphatic hydroxyl groups excluding tert-OH is 1. The lowest BCUT2D eigenvalue weighted by Crippen LogP contribution is -2.28. The van der Waals surface area contributed by atoms with Gasteiger partial charge in [0.05, 0.1) is 0 Å². The minimum atomic E-state index is 0.340. The lowest BCUT2D eigenvalue weighted by atomic mass is 10.00. The second-order valence-corrected chi connectivity index (χ2v) is 5.90. The SMILES string of the molecule is C[C@@H]1C[C@H](c2ccsc2)CN1CCCCCO. The predicted molar refractivity (Wildman–Crippen MR) is 73.6 cm³/mol. The number of aliphatic hydroxyl groups is 1. The number of hydrogen-bond acceptors (Lipinski definition) is 3. The number of hydrogen-bond donors (Lipinski definition) is 1. The van der Waals surface area contributed by atoms with Gasteiger partial charge in [0.2, 0.25) is 0 Å². The zero-order chi connectivity index (χ0) is 12.1. The summed E-state index contributed by atoms with van der Waals surface area (Å²) in [6.07, 6.45) is 4.64. The van der Waals surface area contributed by atoms with E-state index in [9.17, 15) is 0 Å². The molecule has 1 aliphatic heterocycles. The van der Waals surface area contributed by atoms with E-state index in [0.717, 1.165) is 18.8 Å². The smallest absolute Gasteiger partial charge is 0.0431 e. The molecule has 0 saturated carbocycles. The summed E-state index contributed by atoms with van der Waals surface area (Å²) in [7, 11) is 0. The maximum absolute atomic E-state index is 8.76. The Hall–Kier alpha value is -0.380. The summed E-state index contributed by atoms with van der Waals surface area (Å²) < 4.78 is 0. The molecule has 1 aromatic heterocycles. The topological polar surface area (TPSA) is 23.5 Å². The van der Waals surface area contributed by atoms with Crippen LogP contribution >= 0.6 is 11.3 Å². The molecule has 1 aromatic rings. The van der Waals surface area contributed by atoms with Gasteiger partial charge in [0, 0.05) is 19.2 Å². The van der Waals surface area contributed by atoms with Gasteiger partial charge in [-0.05, 0) is 67.5 Å². The Morgan fingerprint density at radius 1 is 1.41 bits per heavy atom. The van der Waals surface area contributed by atoms with Crippen molar-refractivity contribution in [1.29, 1.82) is 0 Å². The summed E-state index contributed by atoms with van der Waals surface area (Å²) in [6, 6.07) is 2.99. The molecule has 17 heavy (non-hydrogen) atoms. The average Bonchev–Trinajstić information content (AvgIpc) is 2.94. The third-order valence-electron chi connectivity index (χ3n) is 3.82. The highest BCUT2D eigenvalue weighted by atomic mass is 32.1. The molecule has 2 atom stereocenters. The summed E-state index contributed by atoms with van der Waals surface area (Å²) in [4.78, 5) is 2.61. The van der Waals surface area contributed by atoms with Gasteiger partial charge >= 0.3 is 0 Å². The molecule has 3 heteroatoms. The minimum absolute atomic E-state index is 0.340. The normalized spacial score (nSPS) is 25.5. The van der Waals surface area contributed by atoms with E-state index in [2.05, 4.69) is 28.7 Å². The maximum Gasteiger partial charge on any atom is 0.0431 e. The van der Waals surface area contributed by atoms with Crippen molar-refractivity contribution in [2.24, 2.45) is 0 Å². The van der Waals surface area contributed by atoms with Gasteiger partial charge < -0.3 is 10.0 Å². The standard InChI is InChI=1S/C14H23NOS/c1-12-9-14(13-5-8-17-11-13)10-15(12)6-3-2-4-7-16/h5,8,11-12,14,16H,2-4,6-7,9-10H2,1H3/t12-,14+/m1/s1. The monoisotopic (exact) mass is 253 g/mol. The molecule has 2 nitrogen and oxygen atoms in total. The van der Waals surface area contributed by atoms with Crippen LogP contribution < -0.4 is 0 Å². The molecule has 1 N–H and O–H groups in total. The van der Waals surface area contributed by atoms with E-state index in [4.69, 9.17) is 5.11 Å². The van der Waals surface area contributed by atoms with Crippen molar-refractivity contribution in [3.63, 3.8) is 0 Å². The second-order valence-electron chi connectivity index (χ2n) is 5.12. The first-order valence-electron chi connectivity index (χ1n) is 6.68. The largest absolute Gasteiger partial charge is 0.396 e. The quantitative estimate of drug-likeness (QED) is 0.788. The predicted octanol–water partition coefficient (Wildman–Crippen LogP) is 3.09. The lowest BCUT2D eigenvalue weighted by molar-refractivity contribution is 0.248. The van der Waals surface area contributed by atoms with Crippen LogP contribution in [0.4, 0.5) is 0 Å². The van der Waals surface area contributed by atoms with Crippen LogP contribution in [0.15, 0.2) is 16.8 Å². The van der Waals surface area contributed by atoms with Crippen LogP contribution in [0, 0.1) is 0 Å². The Morgan fingerprint density at radius 2 is 2.29 bits per heavy atom. The van der Waals surface area contributed by atoms with Crippen molar-refractivity contribution < 1.29 is 5.11 Å². The van der Waals surface area contributed by atoms with E-state index in [0.29, 0.717) is 12.6 Å². The molecule has 1 fully saturated rings. The molecule has 1 saturated heterocycles. The zero-order valence-corrected chi connectivity index (χ0v) is 11.5. The minimum Gasteiger partial charge on any atom is -0.396 e. The van der Waals surface area contributed by atoms with Gasteiger partial charge in [-0.25, -0.2) is 0 Å². The molecule has 0 aliphatic carbocycles. The van der Waals surface area contributed by atoms with Crippen molar-refractivity contribution in [2.45, 2.75) is 44.6 Å². The highest BCUT2D eigenvalue weighted by molar-refractivity contribution is 7.07. The fraction of sp³-hybridized carbons (Fsp3) is 0.714. The van der Waals surface area contributed by atoms with E-state index in [-0.39, 0.29) is 0 Å². The van der Waals surface area contributed by atoms with Gasteiger partial charge in [-0.3, -0.25) is 0 Å². The molecular formula is C14H23NOS. The van der Waals surface area contributed by atoms with Crippen molar-refractivity contribution in [3.8, 4) is 0 Å². The summed E-state index contributed by atoms with van der Waals surface area (Å²) in [5.74, 6) is 0.745. The maximum atomic E-state index is 8.76. The third kappa shape index (κ3) is 3.54. The zero-order valence-electron chi connectivity index (χ0n) is 10.6. The fourth-order valence-electron chi connectivity index (χ4n) is 2.76. The first-order chi connectivity index (χ1) is 8.31. The van der Waals surface area contributed by atoms with Crippen LogP contribution in [0.2, 0.25) is 0 Å². The van der Waals surface area contributed by atoms with E-state index < -0.39 is 0 Å². The Labute approximate surface area is 108 Å². The van der Waals surface area contributed by atoms with Crippen LogP contribution in [0.5, 0.6) is 0 Å². The van der Waals surface area contributed by atoms with E-state index >= 15 is 0 Å². The number of unbranched alkanes of at least 4 members (excludes halogenated alkanes) is 2. The lowest BCUT2D eigenvalue weighted by Gasteiger charge is -2.20. The van der Waals surface area contributed by atoms with Crippen molar-refractivity contribution >= 4 is 11.3 Å². The summed E-state index contributed by atoms with van der Waals surface area (Å²) in [5.41, 5.74) is 1.53. The molecule has 0 aromatic carbocycles. The van der Waals surface area contributed by atoms with Gasteiger partial charge in [-0.2, -0.15) is 11.3 Å². The van der Waals surface area contributed by atoms with E-state index in [1.165, 1.54) is 31.5 Å². The fourth-order valence-corrected chi connectivity index (χ4v) is 3.50. The summed E-state index contributed by atoms with van der Waals surface area (Å²) in [6.45, 7) is 5.10. The van der Waals surface area contributed by atoms with Crippen LogP contribution in [-0.2, 0) is 0 Å². The van der Waals surface area contributed by atoms with Crippen LogP contribution in [0.25, 0.3) is 0 Å². The molecule has 96 valence electrons. The van der Waals surface area contributed by atoms with Crippen molar-refractivity contribution in [1.82, 2.24) is 4.90 Å². The number of likely N-dealkylation sites (tertiary alicyclic amines) is 1. The Morgan fingerprint density at radius 3 is 3.00 bits per heavy atom. The van der Waals surface area contributed by atoms with E-state index in [1.807, 2.05) is 11.3 Å². The molecule has 2 rings (SSSR count). The summed E-state index contributed by atoms with van der Waals surface area (Å²) in [5, 5.41) is 13.2. The molecule has 1 aliphatic rings. The molecule has 2 heterocycles. The van der Waals surface area contributed by atoms with Gasteiger partial charge in [0.1, 0.15) is 0 Å². The number of nitrogens with zero attached hydrogens (tertiary/aromatic N) is 1. The highest BCUT2D eigenvalue weighted by Gasteiger charge is 2.29. The molecular weight excluding hydrogens is 230 g/mol. The second kappa shape index (κ2) is 6.53. The average molecular weight is 253 g/mol. The van der Waals surface area contributed by atoms with Gasteiger partial charge in [0.25, 0.3) is 0 Å².